The number of carbonyl (C=O) groups excluding carboxylic acids is 1. The van der Waals surface area contributed by atoms with Gasteiger partial charge < -0.3 is 30.7 Å². The third-order valence-corrected chi connectivity index (χ3v) is 23.7. The van der Waals surface area contributed by atoms with Gasteiger partial charge in [-0.2, -0.15) is 0 Å². The fraction of sp³-hybridized carbons (Fsp3) is 0.852. The largest absolute Gasteiger partial charge is 0.393 e. The van der Waals surface area contributed by atoms with E-state index in [2.05, 4.69) is 82.7 Å². The minimum atomic E-state index is -0.138. The molecule has 12 rings (SSSR count). The molecule has 0 aromatic carbocycles. The lowest BCUT2D eigenvalue weighted by Crippen LogP contribution is -2.54. The maximum absolute atomic E-state index is 11.9. The van der Waals surface area contributed by atoms with Gasteiger partial charge >= 0.3 is 0 Å². The Morgan fingerprint density at radius 3 is 1.60 bits per heavy atom. The lowest BCUT2D eigenvalue weighted by Gasteiger charge is -2.49. The van der Waals surface area contributed by atoms with Crippen molar-refractivity contribution in [1.29, 1.82) is 0 Å². The Bertz CT molecular complexity index is 2150. The number of nitrogens with one attached hydrogen (secondary N) is 1. The quantitative estimate of drug-likeness (QED) is 0.194. The van der Waals surface area contributed by atoms with Crippen LogP contribution in [0.2, 0.25) is 0 Å². The maximum Gasteiger partial charge on any atom is 0.219 e. The predicted molar refractivity (Wildman–Crippen MR) is 280 cm³/mol. The average Bonchev–Trinajstić information content (AvgIpc) is 4.06. The molecule has 4 saturated carbocycles. The number of likely N-dealkylation sites (tertiary alicyclic amines) is 2. The van der Waals surface area contributed by atoms with Crippen molar-refractivity contribution in [2.75, 3.05) is 39.3 Å². The third-order valence-electron chi connectivity index (χ3n) is 23.7. The van der Waals surface area contributed by atoms with Crippen LogP contribution in [0.4, 0.5) is 0 Å². The van der Waals surface area contributed by atoms with Crippen LogP contribution in [0.3, 0.4) is 0 Å². The summed E-state index contributed by atoms with van der Waals surface area (Å²) in [5.74, 6) is 6.96. The van der Waals surface area contributed by atoms with Crippen LogP contribution in [-0.2, 0) is 14.3 Å². The summed E-state index contributed by atoms with van der Waals surface area (Å²) < 4.78 is 14.4. The number of allylic oxidation sites excluding steroid dienone is 4. The molecular weight excluding hydrogens is 869 g/mol. The van der Waals surface area contributed by atoms with Crippen molar-refractivity contribution in [3.8, 4) is 0 Å². The molecule has 70 heavy (non-hydrogen) atoms. The number of aliphatic hydroxyl groups excluding tert-OH is 2. The number of hydrogen-bond donors (Lipinski definition) is 4. The van der Waals surface area contributed by atoms with Crippen molar-refractivity contribution >= 4 is 5.91 Å². The van der Waals surface area contributed by atoms with Gasteiger partial charge in [-0.15, -0.1) is 0 Å². The zero-order valence-electron chi connectivity index (χ0n) is 45.2. The van der Waals surface area contributed by atoms with Crippen molar-refractivity contribution in [2.24, 2.45) is 75.7 Å². The Balaban J connectivity index is 0.000000153. The molecule has 8 aliphatic carbocycles. The fourth-order valence-electron chi connectivity index (χ4n) is 20.1. The Kier molecular flexibility index (Phi) is 13.5. The summed E-state index contributed by atoms with van der Waals surface area (Å²) >= 11 is 0. The number of aliphatic hydroxyl groups is 2. The van der Waals surface area contributed by atoms with Gasteiger partial charge in [0.15, 0.2) is 0 Å². The second-order valence-corrected chi connectivity index (χ2v) is 26.9. The van der Waals surface area contributed by atoms with Crippen LogP contribution in [0.25, 0.3) is 0 Å². The maximum atomic E-state index is 11.9. The molecule has 5 N–H and O–H groups in total. The molecule has 0 unspecified atom stereocenters. The Morgan fingerprint density at radius 2 is 1.16 bits per heavy atom. The number of nitrogens with zero attached hydrogens (tertiary/aromatic N) is 2. The average molecular weight is 965 g/mol. The van der Waals surface area contributed by atoms with E-state index in [1.165, 1.54) is 57.9 Å². The zero-order valence-corrected chi connectivity index (χ0v) is 45.2. The number of hydrogen-bond acceptors (Lipinski definition) is 8. The third kappa shape index (κ3) is 7.85. The van der Waals surface area contributed by atoms with Gasteiger partial charge in [-0.3, -0.25) is 14.6 Å². The molecule has 4 saturated heterocycles. The molecule has 12 aliphatic rings. The standard InChI is InChI=1S/C32H50N2O3.C29H46N2O2/c1-6-29(36)33-13-14-34-18-19(2)15-28-30(34)21(4)32(37-28)12-10-24-25-8-7-22-16-23(35)9-11-31(22,5)27(25)17-26(24)20(32)3;1-17-13-26-27(31(16-17)12-11-30)19(3)29(33-26)10-8-22-23-6-5-20-14-21(32)7-9-28(20,4)25(23)15-24(22)18(29)2/h7,19,21,23-25,27-28,30,35H,6,8-18H2,1-5H3,(H,33,36);5,17,19,21-23,25-27,32H,6-16,30H2,1-4H3/t19-,21+,23-,24-,25-,27-,28+,30-,31-,32-;17-,19+,21-,22-,23-,25-,26+,27-,28-,29-/m00/s1. The number of ether oxygens (including phenoxy) is 2. The Labute approximate surface area is 423 Å². The van der Waals surface area contributed by atoms with Gasteiger partial charge in [-0.1, -0.05) is 82.9 Å². The summed E-state index contributed by atoms with van der Waals surface area (Å²) in [5.41, 5.74) is 16.2. The molecule has 4 aliphatic heterocycles. The summed E-state index contributed by atoms with van der Waals surface area (Å²) in [5, 5.41) is 23.8. The first-order valence-corrected chi connectivity index (χ1v) is 29.4. The van der Waals surface area contributed by atoms with Crippen molar-refractivity contribution < 1.29 is 24.5 Å². The number of piperidine rings is 2. The predicted octanol–water partition coefficient (Wildman–Crippen LogP) is 9.91. The molecule has 4 heterocycles. The first kappa shape index (κ1) is 50.3. The summed E-state index contributed by atoms with van der Waals surface area (Å²) in [6.45, 7) is 27.2. The highest BCUT2D eigenvalue weighted by Crippen LogP contribution is 2.67. The summed E-state index contributed by atoms with van der Waals surface area (Å²) in [4.78, 5) is 17.2. The molecule has 2 spiro atoms. The van der Waals surface area contributed by atoms with Crippen LogP contribution in [0.15, 0.2) is 45.6 Å². The first-order valence-electron chi connectivity index (χ1n) is 29.4. The molecule has 390 valence electrons. The molecule has 0 radical (unpaired) electrons. The van der Waals surface area contributed by atoms with Crippen molar-refractivity contribution in [3.05, 3.63) is 45.6 Å². The van der Waals surface area contributed by atoms with Crippen molar-refractivity contribution in [2.45, 2.75) is 219 Å². The van der Waals surface area contributed by atoms with Crippen LogP contribution < -0.4 is 11.1 Å². The van der Waals surface area contributed by atoms with E-state index >= 15 is 0 Å². The van der Waals surface area contributed by atoms with E-state index in [1.807, 2.05) is 6.92 Å². The normalized spacial score (nSPS) is 49.4. The number of carbonyl (C=O) groups is 1. The number of amides is 1. The smallest absolute Gasteiger partial charge is 0.219 e. The minimum Gasteiger partial charge on any atom is -0.393 e. The summed E-state index contributed by atoms with van der Waals surface area (Å²) in [7, 11) is 0. The topological polar surface area (TPSA) is 121 Å². The van der Waals surface area contributed by atoms with E-state index in [0.29, 0.717) is 59.8 Å². The highest BCUT2D eigenvalue weighted by molar-refractivity contribution is 5.75. The molecule has 8 fully saturated rings. The molecule has 0 aromatic heterocycles. The molecular formula is C61H96N4O5. The first-order chi connectivity index (χ1) is 33.5. The van der Waals surface area contributed by atoms with Gasteiger partial charge in [0.05, 0.1) is 35.6 Å². The number of rotatable bonds is 6. The van der Waals surface area contributed by atoms with Gasteiger partial charge in [-0.05, 0) is 186 Å². The number of nitrogens with two attached hydrogens (primary N) is 1. The van der Waals surface area contributed by atoms with E-state index in [9.17, 15) is 15.0 Å². The van der Waals surface area contributed by atoms with E-state index in [0.717, 1.165) is 120 Å². The van der Waals surface area contributed by atoms with E-state index in [-0.39, 0.29) is 34.7 Å². The van der Waals surface area contributed by atoms with Gasteiger partial charge in [0.2, 0.25) is 5.91 Å². The second-order valence-electron chi connectivity index (χ2n) is 26.9. The Hall–Kier alpha value is -1.85. The lowest BCUT2D eigenvalue weighted by molar-refractivity contribution is -0.120. The van der Waals surface area contributed by atoms with Crippen LogP contribution in [0.1, 0.15) is 171 Å². The Morgan fingerprint density at radius 1 is 0.700 bits per heavy atom. The van der Waals surface area contributed by atoms with Crippen molar-refractivity contribution in [3.63, 3.8) is 0 Å². The van der Waals surface area contributed by atoms with Crippen LogP contribution in [-0.4, -0.2) is 113 Å². The molecule has 9 nitrogen and oxygen atoms in total. The van der Waals surface area contributed by atoms with Crippen molar-refractivity contribution in [1.82, 2.24) is 15.1 Å². The van der Waals surface area contributed by atoms with Gasteiger partial charge in [0.25, 0.3) is 0 Å². The number of fused-ring (bicyclic) bond motifs is 12. The van der Waals surface area contributed by atoms with Gasteiger partial charge in [0, 0.05) is 69.6 Å². The molecule has 20 atom stereocenters. The second kappa shape index (κ2) is 18.8. The molecule has 1 amide bonds. The SMILES string of the molecule is CC1=C2C[C@H]3[C@@H](CC=C4C[C@@H](O)CC[C@@]43C)[C@@H]2CC[C@]12O[C@@H]1C[C@H](C)CN(CCN)[C@H]1[C@H]2C.CCC(=O)NCCN1C[C@@H](C)C[C@H]2O[C@]3(CC[C@@H]4C(=C3C)C[C@H]3[C@H]4CC=C4C[C@@H](O)CC[C@@]43C)[C@H](C)[C@@H]21. The highest BCUT2D eigenvalue weighted by Gasteiger charge is 2.64. The molecule has 0 aromatic rings. The molecule has 9 heteroatoms. The fourth-order valence-corrected chi connectivity index (χ4v) is 20.1. The van der Waals surface area contributed by atoms with Gasteiger partial charge in [0.1, 0.15) is 0 Å². The highest BCUT2D eigenvalue weighted by atomic mass is 16.5. The summed E-state index contributed by atoms with van der Waals surface area (Å²) in [6, 6.07) is 0.960. The van der Waals surface area contributed by atoms with E-state index in [4.69, 9.17) is 15.2 Å². The summed E-state index contributed by atoms with van der Waals surface area (Å²) in [6.07, 6.45) is 24.3. The monoisotopic (exact) mass is 965 g/mol. The lowest BCUT2D eigenvalue weighted by atomic mass is 9.56. The van der Waals surface area contributed by atoms with Crippen LogP contribution in [0, 0.1) is 70.0 Å². The van der Waals surface area contributed by atoms with Crippen LogP contribution >= 0.6 is 0 Å². The van der Waals surface area contributed by atoms with Gasteiger partial charge in [-0.25, -0.2) is 0 Å². The van der Waals surface area contributed by atoms with E-state index in [1.54, 1.807) is 33.4 Å². The van der Waals surface area contributed by atoms with Crippen LogP contribution in [0.5, 0.6) is 0 Å². The minimum absolute atomic E-state index is 0.0640. The van der Waals surface area contributed by atoms with E-state index < -0.39 is 0 Å². The zero-order chi connectivity index (χ0) is 49.2. The molecule has 0 bridgehead atoms.